The van der Waals surface area contributed by atoms with Crippen molar-refractivity contribution in [1.82, 2.24) is 0 Å². The molecule has 0 atom stereocenters. The number of hydrogen-bond acceptors (Lipinski definition) is 2. The standard InChI is InChI=1S/C19H15Cl2NO2/c1-11-3-5-13(9-15(11)21)17-7-8-18(24-17)19(23)22-16-10-14(20)6-4-12(16)2/h3-10H,1-2H3,(H,22,23). The van der Waals surface area contributed by atoms with Gasteiger partial charge in [0.05, 0.1) is 0 Å². The summed E-state index contributed by atoms with van der Waals surface area (Å²) in [4.78, 5) is 12.4. The summed E-state index contributed by atoms with van der Waals surface area (Å²) in [5.74, 6) is 0.482. The predicted molar refractivity (Wildman–Crippen MR) is 98.0 cm³/mol. The minimum Gasteiger partial charge on any atom is -0.451 e. The summed E-state index contributed by atoms with van der Waals surface area (Å²) in [6, 6.07) is 14.4. The van der Waals surface area contributed by atoms with Crippen LogP contribution in [0.1, 0.15) is 21.7 Å². The zero-order valence-corrected chi connectivity index (χ0v) is 14.7. The van der Waals surface area contributed by atoms with Crippen LogP contribution in [0.15, 0.2) is 52.9 Å². The molecular formula is C19H15Cl2NO2. The molecule has 0 unspecified atom stereocenters. The Morgan fingerprint density at radius 3 is 2.46 bits per heavy atom. The number of furan rings is 1. The van der Waals surface area contributed by atoms with Crippen LogP contribution in [0.2, 0.25) is 10.0 Å². The molecule has 0 fully saturated rings. The van der Waals surface area contributed by atoms with Crippen molar-refractivity contribution in [3.8, 4) is 11.3 Å². The summed E-state index contributed by atoms with van der Waals surface area (Å²) >= 11 is 12.1. The Bertz CT molecular complexity index is 915. The molecule has 0 aliphatic rings. The lowest BCUT2D eigenvalue weighted by atomic mass is 10.1. The Morgan fingerprint density at radius 1 is 0.958 bits per heavy atom. The fourth-order valence-corrected chi connectivity index (χ4v) is 2.63. The number of amides is 1. The van der Waals surface area contributed by atoms with E-state index in [1.54, 1.807) is 24.3 Å². The van der Waals surface area contributed by atoms with Crippen molar-refractivity contribution in [3.05, 3.63) is 75.5 Å². The maximum absolute atomic E-state index is 12.4. The lowest BCUT2D eigenvalue weighted by Gasteiger charge is -2.07. The van der Waals surface area contributed by atoms with Gasteiger partial charge in [0.25, 0.3) is 5.91 Å². The molecule has 1 N–H and O–H groups in total. The van der Waals surface area contributed by atoms with Crippen molar-refractivity contribution >= 4 is 34.8 Å². The molecule has 0 spiro atoms. The van der Waals surface area contributed by atoms with Crippen molar-refractivity contribution in [3.63, 3.8) is 0 Å². The van der Waals surface area contributed by atoms with Gasteiger partial charge in [-0.15, -0.1) is 0 Å². The van der Waals surface area contributed by atoms with Crippen molar-refractivity contribution in [2.24, 2.45) is 0 Å². The van der Waals surface area contributed by atoms with E-state index in [9.17, 15) is 4.79 Å². The van der Waals surface area contributed by atoms with Crippen molar-refractivity contribution in [1.29, 1.82) is 0 Å². The number of carbonyl (C=O) groups excluding carboxylic acids is 1. The van der Waals surface area contributed by atoms with Crippen molar-refractivity contribution in [2.75, 3.05) is 5.32 Å². The zero-order valence-electron chi connectivity index (χ0n) is 13.2. The second kappa shape index (κ2) is 6.71. The van der Waals surface area contributed by atoms with Gasteiger partial charge in [-0.1, -0.05) is 41.4 Å². The topological polar surface area (TPSA) is 42.2 Å². The molecule has 5 heteroatoms. The molecule has 3 aromatic rings. The molecule has 1 heterocycles. The molecule has 0 saturated heterocycles. The largest absolute Gasteiger partial charge is 0.451 e. The normalized spacial score (nSPS) is 10.7. The van der Waals surface area contributed by atoms with E-state index in [2.05, 4.69) is 5.32 Å². The average molecular weight is 360 g/mol. The zero-order chi connectivity index (χ0) is 17.3. The highest BCUT2D eigenvalue weighted by molar-refractivity contribution is 6.31. The van der Waals surface area contributed by atoms with E-state index in [0.29, 0.717) is 21.5 Å². The summed E-state index contributed by atoms with van der Waals surface area (Å²) in [6.07, 6.45) is 0. The second-order valence-corrected chi connectivity index (χ2v) is 6.38. The average Bonchev–Trinajstić information content (AvgIpc) is 3.03. The first-order valence-corrected chi connectivity index (χ1v) is 8.13. The summed E-state index contributed by atoms with van der Waals surface area (Å²) in [6.45, 7) is 3.83. The van der Waals surface area contributed by atoms with Crippen molar-refractivity contribution < 1.29 is 9.21 Å². The minimum absolute atomic E-state index is 0.223. The molecule has 0 aliphatic heterocycles. The van der Waals surface area contributed by atoms with Crippen LogP contribution in [-0.2, 0) is 0 Å². The van der Waals surface area contributed by atoms with Gasteiger partial charge in [0.15, 0.2) is 5.76 Å². The molecule has 0 saturated carbocycles. The van der Waals surface area contributed by atoms with Crippen LogP contribution in [0.4, 0.5) is 5.69 Å². The molecule has 0 bridgehead atoms. The third-order valence-electron chi connectivity index (χ3n) is 3.73. The number of anilines is 1. The first-order chi connectivity index (χ1) is 11.4. The number of nitrogens with one attached hydrogen (secondary N) is 1. The number of aryl methyl sites for hydroxylation is 2. The van der Waals surface area contributed by atoms with Crippen molar-refractivity contribution in [2.45, 2.75) is 13.8 Å². The molecule has 122 valence electrons. The molecule has 3 nitrogen and oxygen atoms in total. The third kappa shape index (κ3) is 3.48. The predicted octanol–water partition coefficient (Wildman–Crippen LogP) is 6.12. The fourth-order valence-electron chi connectivity index (χ4n) is 2.27. The first kappa shape index (κ1) is 16.6. The molecular weight excluding hydrogens is 345 g/mol. The summed E-state index contributed by atoms with van der Waals surface area (Å²) in [5.41, 5.74) is 3.39. The minimum atomic E-state index is -0.329. The summed E-state index contributed by atoms with van der Waals surface area (Å²) in [5, 5.41) is 4.03. The third-order valence-corrected chi connectivity index (χ3v) is 4.38. The van der Waals surface area contributed by atoms with Gasteiger partial charge in [-0.05, 0) is 55.3 Å². The van der Waals surface area contributed by atoms with Crippen LogP contribution in [0.5, 0.6) is 0 Å². The van der Waals surface area contributed by atoms with Crippen LogP contribution < -0.4 is 5.32 Å². The van der Waals surface area contributed by atoms with Crippen LogP contribution in [0.3, 0.4) is 0 Å². The summed E-state index contributed by atoms with van der Waals surface area (Å²) in [7, 11) is 0. The van der Waals surface area contributed by atoms with E-state index in [0.717, 1.165) is 16.7 Å². The Labute approximate surface area is 150 Å². The van der Waals surface area contributed by atoms with Crippen LogP contribution in [0.25, 0.3) is 11.3 Å². The van der Waals surface area contributed by atoms with E-state index in [4.69, 9.17) is 27.6 Å². The van der Waals surface area contributed by atoms with Gasteiger partial charge in [-0.25, -0.2) is 0 Å². The van der Waals surface area contributed by atoms with Crippen LogP contribution in [-0.4, -0.2) is 5.91 Å². The SMILES string of the molecule is Cc1ccc(-c2ccc(C(=O)Nc3cc(Cl)ccc3C)o2)cc1Cl. The first-order valence-electron chi connectivity index (χ1n) is 7.38. The maximum atomic E-state index is 12.4. The van der Waals surface area contributed by atoms with Gasteiger partial charge >= 0.3 is 0 Å². The molecule has 0 radical (unpaired) electrons. The van der Waals surface area contributed by atoms with E-state index in [1.165, 1.54) is 0 Å². The van der Waals surface area contributed by atoms with Gasteiger partial charge in [-0.2, -0.15) is 0 Å². The molecule has 24 heavy (non-hydrogen) atoms. The highest BCUT2D eigenvalue weighted by Crippen LogP contribution is 2.27. The smallest absolute Gasteiger partial charge is 0.291 e. The lowest BCUT2D eigenvalue weighted by molar-refractivity contribution is 0.0997. The quantitative estimate of drug-likeness (QED) is 0.611. The number of benzene rings is 2. The molecule has 2 aromatic carbocycles. The molecule has 3 rings (SSSR count). The number of rotatable bonds is 3. The molecule has 1 aromatic heterocycles. The Balaban J connectivity index is 1.83. The number of halogens is 2. The monoisotopic (exact) mass is 359 g/mol. The van der Waals surface area contributed by atoms with Gasteiger partial charge in [0.2, 0.25) is 0 Å². The van der Waals surface area contributed by atoms with E-state index in [1.807, 2.05) is 38.1 Å². The number of carbonyl (C=O) groups is 1. The van der Waals surface area contributed by atoms with E-state index < -0.39 is 0 Å². The van der Waals surface area contributed by atoms with Gasteiger partial charge in [0, 0.05) is 21.3 Å². The highest BCUT2D eigenvalue weighted by atomic mass is 35.5. The summed E-state index contributed by atoms with van der Waals surface area (Å²) < 4.78 is 5.67. The Kier molecular flexibility index (Phi) is 4.65. The maximum Gasteiger partial charge on any atom is 0.291 e. The Morgan fingerprint density at radius 2 is 1.71 bits per heavy atom. The molecule has 1 amide bonds. The number of hydrogen-bond donors (Lipinski definition) is 1. The van der Waals surface area contributed by atoms with Crippen LogP contribution in [0, 0.1) is 13.8 Å². The van der Waals surface area contributed by atoms with Gasteiger partial charge in [-0.3, -0.25) is 4.79 Å². The highest BCUT2D eigenvalue weighted by Gasteiger charge is 2.14. The van der Waals surface area contributed by atoms with Gasteiger partial charge in [0.1, 0.15) is 5.76 Å². The Hall–Kier alpha value is -2.23. The fraction of sp³-hybridized carbons (Fsp3) is 0.105. The lowest BCUT2D eigenvalue weighted by Crippen LogP contribution is -2.11. The van der Waals surface area contributed by atoms with E-state index in [-0.39, 0.29) is 11.7 Å². The van der Waals surface area contributed by atoms with E-state index >= 15 is 0 Å². The second-order valence-electron chi connectivity index (χ2n) is 5.54. The van der Waals surface area contributed by atoms with Gasteiger partial charge < -0.3 is 9.73 Å². The molecule has 0 aliphatic carbocycles. The van der Waals surface area contributed by atoms with Crippen LogP contribution >= 0.6 is 23.2 Å².